The SMILES string of the molecule is COC(=O)[C@H](C)NC(=O)[C@H](COC(C)(C)C)NC(=O)OCC1c2ccccc2-c2ccccc21. The Hall–Kier alpha value is -3.39. The van der Waals surface area contributed by atoms with Crippen molar-refractivity contribution >= 4 is 18.0 Å². The molecule has 0 radical (unpaired) electrons. The normalized spacial score (nSPS) is 14.4. The topological polar surface area (TPSA) is 103 Å². The van der Waals surface area contributed by atoms with Gasteiger partial charge < -0.3 is 24.8 Å². The van der Waals surface area contributed by atoms with Gasteiger partial charge in [-0.1, -0.05) is 48.5 Å². The Bertz CT molecular complexity index is 1000. The molecule has 2 aromatic carbocycles. The molecule has 34 heavy (non-hydrogen) atoms. The van der Waals surface area contributed by atoms with E-state index in [9.17, 15) is 14.4 Å². The third kappa shape index (κ3) is 6.14. The number of ether oxygens (including phenoxy) is 3. The summed E-state index contributed by atoms with van der Waals surface area (Å²) in [7, 11) is 1.24. The van der Waals surface area contributed by atoms with Gasteiger partial charge in [0.1, 0.15) is 18.7 Å². The van der Waals surface area contributed by atoms with Crippen LogP contribution in [-0.2, 0) is 23.8 Å². The van der Waals surface area contributed by atoms with Gasteiger partial charge in [-0.05, 0) is 49.9 Å². The van der Waals surface area contributed by atoms with E-state index in [0.717, 1.165) is 22.3 Å². The number of carbonyl (C=O) groups excluding carboxylic acids is 3. The molecule has 2 aromatic rings. The van der Waals surface area contributed by atoms with Gasteiger partial charge in [0.25, 0.3) is 0 Å². The van der Waals surface area contributed by atoms with Crippen molar-refractivity contribution in [3.8, 4) is 11.1 Å². The monoisotopic (exact) mass is 468 g/mol. The Balaban J connectivity index is 1.67. The number of amides is 2. The highest BCUT2D eigenvalue weighted by Crippen LogP contribution is 2.44. The predicted molar refractivity (Wildman–Crippen MR) is 127 cm³/mol. The molecule has 0 heterocycles. The fourth-order valence-electron chi connectivity index (χ4n) is 3.85. The third-order valence-corrected chi connectivity index (χ3v) is 5.55. The summed E-state index contributed by atoms with van der Waals surface area (Å²) in [5.74, 6) is -1.27. The number of hydrogen-bond donors (Lipinski definition) is 2. The van der Waals surface area contributed by atoms with Gasteiger partial charge in [0.2, 0.25) is 5.91 Å². The van der Waals surface area contributed by atoms with E-state index in [1.807, 2.05) is 57.2 Å². The van der Waals surface area contributed by atoms with Gasteiger partial charge in [-0.2, -0.15) is 0 Å². The van der Waals surface area contributed by atoms with Gasteiger partial charge in [0.15, 0.2) is 0 Å². The first-order chi connectivity index (χ1) is 16.1. The fourth-order valence-corrected chi connectivity index (χ4v) is 3.85. The van der Waals surface area contributed by atoms with Crippen molar-refractivity contribution in [2.24, 2.45) is 0 Å². The van der Waals surface area contributed by atoms with Crippen molar-refractivity contribution in [2.75, 3.05) is 20.3 Å². The number of rotatable bonds is 8. The summed E-state index contributed by atoms with van der Waals surface area (Å²) in [6.07, 6.45) is -0.745. The van der Waals surface area contributed by atoms with Gasteiger partial charge in [-0.15, -0.1) is 0 Å². The second-order valence-corrected chi connectivity index (χ2v) is 9.20. The van der Waals surface area contributed by atoms with Gasteiger partial charge >= 0.3 is 12.1 Å². The van der Waals surface area contributed by atoms with Crippen molar-refractivity contribution < 1.29 is 28.6 Å². The number of carbonyl (C=O) groups is 3. The first-order valence-corrected chi connectivity index (χ1v) is 11.2. The maximum absolute atomic E-state index is 12.7. The number of methoxy groups -OCH3 is 1. The van der Waals surface area contributed by atoms with Crippen LogP contribution in [-0.4, -0.2) is 56.0 Å². The maximum Gasteiger partial charge on any atom is 0.407 e. The Morgan fingerprint density at radius 3 is 2.03 bits per heavy atom. The summed E-state index contributed by atoms with van der Waals surface area (Å²) in [6, 6.07) is 14.1. The molecule has 0 spiro atoms. The molecule has 0 saturated heterocycles. The second-order valence-electron chi connectivity index (χ2n) is 9.20. The van der Waals surface area contributed by atoms with E-state index in [0.29, 0.717) is 0 Å². The van der Waals surface area contributed by atoms with Crippen LogP contribution in [0.1, 0.15) is 44.7 Å². The van der Waals surface area contributed by atoms with Crippen LogP contribution in [0.3, 0.4) is 0 Å². The van der Waals surface area contributed by atoms with Crippen molar-refractivity contribution in [3.05, 3.63) is 59.7 Å². The lowest BCUT2D eigenvalue weighted by Gasteiger charge is -2.25. The second kappa shape index (κ2) is 10.7. The molecule has 0 aliphatic heterocycles. The van der Waals surface area contributed by atoms with Crippen LogP contribution in [0.2, 0.25) is 0 Å². The largest absolute Gasteiger partial charge is 0.467 e. The van der Waals surface area contributed by atoms with Crippen LogP contribution in [0.5, 0.6) is 0 Å². The molecule has 182 valence electrons. The van der Waals surface area contributed by atoms with Crippen LogP contribution in [0, 0.1) is 0 Å². The van der Waals surface area contributed by atoms with E-state index >= 15 is 0 Å². The Morgan fingerprint density at radius 1 is 0.941 bits per heavy atom. The van der Waals surface area contributed by atoms with Gasteiger partial charge in [0, 0.05) is 5.92 Å². The Morgan fingerprint density at radius 2 is 1.50 bits per heavy atom. The Kier molecular flexibility index (Phi) is 7.94. The minimum atomic E-state index is -1.05. The molecule has 0 unspecified atom stereocenters. The van der Waals surface area contributed by atoms with E-state index in [2.05, 4.69) is 27.5 Å². The third-order valence-electron chi connectivity index (χ3n) is 5.55. The number of nitrogens with one attached hydrogen (secondary N) is 2. The first kappa shape index (κ1) is 25.2. The lowest BCUT2D eigenvalue weighted by atomic mass is 9.98. The molecular weight excluding hydrogens is 436 g/mol. The molecule has 2 atom stereocenters. The molecule has 0 bridgehead atoms. The summed E-state index contributed by atoms with van der Waals surface area (Å²) < 4.78 is 15.9. The summed E-state index contributed by atoms with van der Waals surface area (Å²) in [5.41, 5.74) is 3.90. The van der Waals surface area contributed by atoms with Crippen molar-refractivity contribution in [1.82, 2.24) is 10.6 Å². The smallest absolute Gasteiger partial charge is 0.407 e. The molecule has 2 N–H and O–H groups in total. The lowest BCUT2D eigenvalue weighted by molar-refractivity contribution is -0.145. The highest BCUT2D eigenvalue weighted by Gasteiger charge is 2.31. The molecule has 1 aliphatic rings. The summed E-state index contributed by atoms with van der Waals surface area (Å²) >= 11 is 0. The van der Waals surface area contributed by atoms with Crippen LogP contribution >= 0.6 is 0 Å². The first-order valence-electron chi connectivity index (χ1n) is 11.2. The molecule has 0 aromatic heterocycles. The van der Waals surface area contributed by atoms with E-state index in [4.69, 9.17) is 9.47 Å². The zero-order valence-corrected chi connectivity index (χ0v) is 20.2. The van der Waals surface area contributed by atoms with Crippen molar-refractivity contribution in [1.29, 1.82) is 0 Å². The molecule has 1 aliphatic carbocycles. The zero-order valence-electron chi connectivity index (χ0n) is 20.2. The summed E-state index contributed by atoms with van der Waals surface area (Å²) in [5, 5.41) is 5.11. The number of hydrogen-bond acceptors (Lipinski definition) is 6. The summed E-state index contributed by atoms with van der Waals surface area (Å²) in [4.78, 5) is 37.1. The molecular formula is C26H32N2O6. The number of benzene rings is 2. The zero-order chi connectivity index (χ0) is 24.9. The molecule has 0 fully saturated rings. The Labute approximate surface area is 200 Å². The fraction of sp³-hybridized carbons (Fsp3) is 0.423. The van der Waals surface area contributed by atoms with Gasteiger partial charge in [-0.3, -0.25) is 4.79 Å². The number of fused-ring (bicyclic) bond motifs is 3. The molecule has 8 heteroatoms. The molecule has 3 rings (SSSR count). The van der Waals surface area contributed by atoms with E-state index in [1.165, 1.54) is 14.0 Å². The highest BCUT2D eigenvalue weighted by molar-refractivity contribution is 5.89. The van der Waals surface area contributed by atoms with E-state index in [1.54, 1.807) is 0 Å². The predicted octanol–water partition coefficient (Wildman–Crippen LogP) is 3.39. The minimum absolute atomic E-state index is 0.0899. The average molecular weight is 469 g/mol. The van der Waals surface area contributed by atoms with Crippen molar-refractivity contribution in [3.63, 3.8) is 0 Å². The summed E-state index contributed by atoms with van der Waals surface area (Å²) in [6.45, 7) is 7.05. The van der Waals surface area contributed by atoms with E-state index < -0.39 is 35.7 Å². The van der Waals surface area contributed by atoms with E-state index in [-0.39, 0.29) is 19.1 Å². The average Bonchev–Trinajstić information content (AvgIpc) is 3.12. The molecule has 8 nitrogen and oxygen atoms in total. The lowest BCUT2D eigenvalue weighted by Crippen LogP contribution is -2.53. The van der Waals surface area contributed by atoms with Crippen LogP contribution in [0.15, 0.2) is 48.5 Å². The van der Waals surface area contributed by atoms with Crippen LogP contribution in [0.4, 0.5) is 4.79 Å². The number of esters is 1. The van der Waals surface area contributed by atoms with Crippen LogP contribution < -0.4 is 10.6 Å². The molecule has 0 saturated carbocycles. The molecule has 2 amide bonds. The quantitative estimate of drug-likeness (QED) is 0.576. The minimum Gasteiger partial charge on any atom is -0.467 e. The maximum atomic E-state index is 12.7. The highest BCUT2D eigenvalue weighted by atomic mass is 16.6. The van der Waals surface area contributed by atoms with Crippen LogP contribution in [0.25, 0.3) is 11.1 Å². The van der Waals surface area contributed by atoms with Crippen molar-refractivity contribution in [2.45, 2.75) is 51.3 Å². The number of alkyl carbamates (subject to hydrolysis) is 1. The van der Waals surface area contributed by atoms with Gasteiger partial charge in [0.05, 0.1) is 19.3 Å². The van der Waals surface area contributed by atoms with Gasteiger partial charge in [-0.25, -0.2) is 9.59 Å². The standard InChI is InChI=1S/C26H32N2O6/c1-16(24(30)32-5)27-23(29)22(15-34-26(2,3)4)28-25(31)33-14-21-19-12-8-6-10-17(19)18-11-7-9-13-20(18)21/h6-13,16,21-22H,14-15H2,1-5H3,(H,27,29)(H,28,31)/t16-,22-/m0/s1.